The first-order valence-electron chi connectivity index (χ1n) is 11.7. The number of amides is 2. The van der Waals surface area contributed by atoms with Crippen molar-refractivity contribution in [2.45, 2.75) is 62.3 Å². The Labute approximate surface area is 202 Å². The number of aliphatic hydroxyl groups excluding tert-OH is 1. The van der Waals surface area contributed by atoms with Gasteiger partial charge in [-0.3, -0.25) is 14.3 Å². The van der Waals surface area contributed by atoms with E-state index in [0.29, 0.717) is 22.9 Å². The Bertz CT molecular complexity index is 1200. The average Bonchev–Trinajstić information content (AvgIpc) is 3.25. The van der Waals surface area contributed by atoms with Crippen LogP contribution in [0.25, 0.3) is 5.57 Å². The minimum absolute atomic E-state index is 0.0392. The summed E-state index contributed by atoms with van der Waals surface area (Å²) in [7, 11) is 0. The van der Waals surface area contributed by atoms with Crippen molar-refractivity contribution in [1.29, 1.82) is 0 Å². The maximum absolute atomic E-state index is 12.9. The zero-order valence-electron chi connectivity index (χ0n) is 19.0. The smallest absolute Gasteiger partial charge is 0.261 e. The fourth-order valence-corrected chi connectivity index (χ4v) is 6.18. The number of halogens is 1. The van der Waals surface area contributed by atoms with Gasteiger partial charge in [-0.2, -0.15) is 5.10 Å². The van der Waals surface area contributed by atoms with Gasteiger partial charge in [0, 0.05) is 54.3 Å². The van der Waals surface area contributed by atoms with Crippen molar-refractivity contribution in [3.8, 4) is 5.75 Å². The van der Waals surface area contributed by atoms with Gasteiger partial charge in [-0.25, -0.2) is 0 Å². The van der Waals surface area contributed by atoms with Gasteiger partial charge in [0.15, 0.2) is 6.10 Å². The van der Waals surface area contributed by atoms with E-state index in [4.69, 9.17) is 16.3 Å². The van der Waals surface area contributed by atoms with Crippen LogP contribution in [0.4, 0.5) is 0 Å². The zero-order chi connectivity index (χ0) is 23.7. The molecule has 34 heavy (non-hydrogen) atoms. The van der Waals surface area contributed by atoms with Crippen LogP contribution >= 0.6 is 11.6 Å². The molecule has 7 rings (SSSR count). The Morgan fingerprint density at radius 2 is 2.09 bits per heavy atom. The Morgan fingerprint density at radius 1 is 1.29 bits per heavy atom. The highest BCUT2D eigenvalue weighted by atomic mass is 35.5. The number of nitrogens with zero attached hydrogens (tertiary/aromatic N) is 3. The van der Waals surface area contributed by atoms with Crippen LogP contribution in [0.2, 0.25) is 5.02 Å². The molecule has 178 valence electrons. The second kappa shape index (κ2) is 7.58. The van der Waals surface area contributed by atoms with Gasteiger partial charge in [0.2, 0.25) is 5.91 Å². The lowest BCUT2D eigenvalue weighted by Gasteiger charge is -2.70. The third-order valence-electron chi connectivity index (χ3n) is 7.81. The summed E-state index contributed by atoms with van der Waals surface area (Å²) < 4.78 is 7.93. The standard InChI is InChI=1S/C25H27ClN4O4/c1-15(31)29-6-4-16(5-7-29)17-10-27-30(11-17)25-12-24(13-25,14-25)28-23(33)22-9-20(32)19-8-18(26)2-3-21(19)34-22/h2-4,8,10-11,20,22,32H,5-7,9,12-14H2,1H3,(H,28,33). The topological polar surface area (TPSA) is 96.7 Å². The molecule has 1 aromatic carbocycles. The van der Waals surface area contributed by atoms with Crippen molar-refractivity contribution >= 4 is 29.0 Å². The molecule has 9 heteroatoms. The molecular weight excluding hydrogens is 456 g/mol. The molecule has 8 nitrogen and oxygen atoms in total. The van der Waals surface area contributed by atoms with Crippen molar-refractivity contribution in [3.05, 3.63) is 52.8 Å². The van der Waals surface area contributed by atoms with Gasteiger partial charge in [0.05, 0.1) is 17.8 Å². The third-order valence-corrected chi connectivity index (χ3v) is 8.05. The summed E-state index contributed by atoms with van der Waals surface area (Å²) in [6, 6.07) is 5.08. The van der Waals surface area contributed by atoms with Gasteiger partial charge in [-0.15, -0.1) is 0 Å². The summed E-state index contributed by atoms with van der Waals surface area (Å²) in [4.78, 5) is 26.3. The number of aliphatic hydroxyl groups is 1. The molecule has 2 atom stereocenters. The molecule has 2 unspecified atom stereocenters. The summed E-state index contributed by atoms with van der Waals surface area (Å²) in [6.07, 6.45) is 8.17. The number of benzene rings is 1. The fourth-order valence-electron chi connectivity index (χ4n) is 6.00. The van der Waals surface area contributed by atoms with Crippen LogP contribution in [0.1, 0.15) is 56.3 Å². The molecule has 5 aliphatic rings. The first-order valence-corrected chi connectivity index (χ1v) is 12.1. The molecular formula is C25H27ClN4O4. The maximum Gasteiger partial charge on any atom is 0.261 e. The highest BCUT2D eigenvalue weighted by Crippen LogP contribution is 2.65. The second-order valence-corrected chi connectivity index (χ2v) is 10.6. The normalized spacial score (nSPS) is 31.4. The lowest BCUT2D eigenvalue weighted by Crippen LogP contribution is -2.79. The van der Waals surface area contributed by atoms with Crippen molar-refractivity contribution in [3.63, 3.8) is 0 Å². The predicted molar refractivity (Wildman–Crippen MR) is 125 cm³/mol. The lowest BCUT2D eigenvalue weighted by molar-refractivity contribution is -0.165. The van der Waals surface area contributed by atoms with E-state index in [9.17, 15) is 14.7 Å². The number of hydrogen-bond acceptors (Lipinski definition) is 5. The highest BCUT2D eigenvalue weighted by molar-refractivity contribution is 6.30. The van der Waals surface area contributed by atoms with Crippen LogP contribution in [0.15, 0.2) is 36.7 Å². The number of nitrogens with one attached hydrogen (secondary N) is 1. The van der Waals surface area contributed by atoms with Crippen LogP contribution in [0.5, 0.6) is 5.75 Å². The number of aromatic nitrogens is 2. The maximum atomic E-state index is 12.9. The quantitative estimate of drug-likeness (QED) is 0.698. The summed E-state index contributed by atoms with van der Waals surface area (Å²) >= 11 is 6.02. The Hall–Kier alpha value is -2.84. The largest absolute Gasteiger partial charge is 0.480 e. The van der Waals surface area contributed by atoms with Gasteiger partial charge in [0.1, 0.15) is 5.75 Å². The average molecular weight is 483 g/mol. The lowest BCUT2D eigenvalue weighted by atomic mass is 9.44. The van der Waals surface area contributed by atoms with Gasteiger partial charge >= 0.3 is 0 Å². The summed E-state index contributed by atoms with van der Waals surface area (Å²) in [5, 5.41) is 18.8. The monoisotopic (exact) mass is 482 g/mol. The molecule has 1 aromatic heterocycles. The van der Waals surface area contributed by atoms with Crippen LogP contribution in [0, 0.1) is 0 Å². The summed E-state index contributed by atoms with van der Waals surface area (Å²) in [5.74, 6) is 0.426. The molecule has 3 saturated carbocycles. The number of carbonyl (C=O) groups is 2. The van der Waals surface area contributed by atoms with E-state index in [-0.39, 0.29) is 29.3 Å². The second-order valence-electron chi connectivity index (χ2n) is 10.2. The van der Waals surface area contributed by atoms with E-state index in [1.165, 1.54) is 5.57 Å². The number of carbonyl (C=O) groups excluding carboxylic acids is 2. The molecule has 0 spiro atoms. The van der Waals surface area contributed by atoms with E-state index in [2.05, 4.69) is 27.4 Å². The SMILES string of the molecule is CC(=O)N1CC=C(c2cnn(C34CC(NC(=O)C5CC(O)c6cc(Cl)ccc6O5)(C3)C4)c2)CC1. The van der Waals surface area contributed by atoms with E-state index in [1.54, 1.807) is 25.1 Å². The molecule has 3 heterocycles. The Morgan fingerprint density at radius 3 is 2.79 bits per heavy atom. The van der Waals surface area contributed by atoms with Crippen molar-refractivity contribution in [2.75, 3.05) is 13.1 Å². The molecule has 2 N–H and O–H groups in total. The predicted octanol–water partition coefficient (Wildman–Crippen LogP) is 2.80. The number of fused-ring (bicyclic) bond motifs is 1. The van der Waals surface area contributed by atoms with Crippen LogP contribution < -0.4 is 10.1 Å². The Kier molecular flexibility index (Phi) is 4.83. The van der Waals surface area contributed by atoms with Gasteiger partial charge in [0.25, 0.3) is 5.91 Å². The van der Waals surface area contributed by atoms with E-state index in [0.717, 1.165) is 37.8 Å². The van der Waals surface area contributed by atoms with Crippen molar-refractivity contribution in [2.24, 2.45) is 0 Å². The molecule has 0 radical (unpaired) electrons. The van der Waals surface area contributed by atoms with Crippen molar-refractivity contribution < 1.29 is 19.4 Å². The fraction of sp³-hybridized carbons (Fsp3) is 0.480. The van der Waals surface area contributed by atoms with Crippen LogP contribution in [0.3, 0.4) is 0 Å². The van der Waals surface area contributed by atoms with Gasteiger partial charge in [-0.05, 0) is 49.5 Å². The van der Waals surface area contributed by atoms with E-state index in [1.807, 2.05) is 11.1 Å². The Balaban J connectivity index is 1.07. The van der Waals surface area contributed by atoms with Crippen LogP contribution in [-0.2, 0) is 15.1 Å². The third kappa shape index (κ3) is 3.43. The number of rotatable bonds is 4. The highest BCUT2D eigenvalue weighted by Gasteiger charge is 2.70. The molecule has 3 fully saturated rings. The zero-order valence-corrected chi connectivity index (χ0v) is 19.7. The minimum Gasteiger partial charge on any atom is -0.480 e. The number of hydrogen-bond donors (Lipinski definition) is 2. The minimum atomic E-state index is -0.781. The molecule has 2 amide bonds. The summed E-state index contributed by atoms with van der Waals surface area (Å²) in [5.41, 5.74) is 2.70. The summed E-state index contributed by atoms with van der Waals surface area (Å²) in [6.45, 7) is 2.99. The first kappa shape index (κ1) is 21.7. The molecule has 2 bridgehead atoms. The van der Waals surface area contributed by atoms with Gasteiger partial charge < -0.3 is 20.1 Å². The van der Waals surface area contributed by atoms with E-state index >= 15 is 0 Å². The molecule has 3 aliphatic carbocycles. The van der Waals surface area contributed by atoms with E-state index < -0.39 is 12.2 Å². The molecule has 0 saturated heterocycles. The van der Waals surface area contributed by atoms with Crippen molar-refractivity contribution in [1.82, 2.24) is 20.0 Å². The molecule has 2 aliphatic heterocycles. The molecule has 2 aromatic rings. The first-order chi connectivity index (χ1) is 16.3. The van der Waals surface area contributed by atoms with Crippen LogP contribution in [-0.4, -0.2) is 56.3 Å². The number of ether oxygens (including phenoxy) is 1. The van der Waals surface area contributed by atoms with Gasteiger partial charge in [-0.1, -0.05) is 17.7 Å².